The molecule has 2 aliphatic heterocycles. The van der Waals surface area contributed by atoms with Crippen LogP contribution in [0.1, 0.15) is 36.0 Å². The monoisotopic (exact) mass is 440 g/mol. The molecule has 2 aromatic rings. The van der Waals surface area contributed by atoms with Gasteiger partial charge in [0.1, 0.15) is 0 Å². The lowest BCUT2D eigenvalue weighted by atomic mass is 9.90. The van der Waals surface area contributed by atoms with Crippen LogP contribution in [0.3, 0.4) is 0 Å². The summed E-state index contributed by atoms with van der Waals surface area (Å²) in [6, 6.07) is 16.2. The molecule has 1 unspecified atom stereocenters. The van der Waals surface area contributed by atoms with Crippen LogP contribution < -0.4 is 0 Å². The van der Waals surface area contributed by atoms with Crippen molar-refractivity contribution >= 4 is 16.7 Å². The van der Waals surface area contributed by atoms with Crippen molar-refractivity contribution in [1.29, 1.82) is 0 Å². The molecule has 2 aromatic carbocycles. The highest BCUT2D eigenvalue weighted by molar-refractivity contribution is 7.85. The summed E-state index contributed by atoms with van der Waals surface area (Å²) < 4.78 is 12.5. The highest BCUT2D eigenvalue weighted by Crippen LogP contribution is 2.24. The van der Waals surface area contributed by atoms with Crippen molar-refractivity contribution in [3.8, 4) is 0 Å². The lowest BCUT2D eigenvalue weighted by molar-refractivity contribution is -0.132. The van der Waals surface area contributed by atoms with Crippen LogP contribution in [-0.2, 0) is 35.2 Å². The molecule has 31 heavy (non-hydrogen) atoms. The molecule has 166 valence electrons. The maximum Gasteiger partial charge on any atom is 0.224 e. The Morgan fingerprint density at radius 1 is 1.03 bits per heavy atom. The number of hydrogen-bond donors (Lipinski definition) is 1. The molecular formula is C25H32N2O3S. The van der Waals surface area contributed by atoms with Gasteiger partial charge in [0, 0.05) is 36.7 Å². The van der Waals surface area contributed by atoms with E-state index in [0.29, 0.717) is 25.3 Å². The zero-order valence-corrected chi connectivity index (χ0v) is 18.9. The van der Waals surface area contributed by atoms with Gasteiger partial charge in [0.25, 0.3) is 0 Å². The standard InChI is InChI=1S/C25H32N2O3S/c28-19-22-6-7-24-23(17-22)18-27(14-15-31(24)30)25(29)10-13-26-11-8-21(9-12-26)16-20-4-2-1-3-5-20/h1-7,17,21,28H,8-16,18-19H2. The van der Waals surface area contributed by atoms with Crippen molar-refractivity contribution < 1.29 is 14.1 Å². The Bertz CT molecular complexity index is 910. The number of aliphatic hydroxyl groups excluding tert-OH is 1. The Balaban J connectivity index is 1.26. The smallest absolute Gasteiger partial charge is 0.224 e. The first-order valence-electron chi connectivity index (χ1n) is 11.3. The third-order valence-corrected chi connectivity index (χ3v) is 7.97. The lowest BCUT2D eigenvalue weighted by Gasteiger charge is -2.32. The Kier molecular flexibility index (Phi) is 7.54. The van der Waals surface area contributed by atoms with E-state index < -0.39 is 10.8 Å². The maximum absolute atomic E-state index is 12.9. The second-order valence-corrected chi connectivity index (χ2v) is 10.2. The number of hydrogen-bond acceptors (Lipinski definition) is 4. The zero-order valence-electron chi connectivity index (χ0n) is 18.0. The third-order valence-electron chi connectivity index (χ3n) is 6.53. The van der Waals surface area contributed by atoms with E-state index in [1.807, 2.05) is 23.1 Å². The van der Waals surface area contributed by atoms with Crippen molar-refractivity contribution in [2.75, 3.05) is 31.9 Å². The summed E-state index contributed by atoms with van der Waals surface area (Å²) in [5, 5.41) is 9.42. The van der Waals surface area contributed by atoms with Gasteiger partial charge in [0.2, 0.25) is 5.91 Å². The van der Waals surface area contributed by atoms with Gasteiger partial charge in [0.05, 0.1) is 17.4 Å². The fraction of sp³-hybridized carbons (Fsp3) is 0.480. The molecule has 0 aromatic heterocycles. The fourth-order valence-electron chi connectivity index (χ4n) is 4.65. The number of rotatable bonds is 6. The van der Waals surface area contributed by atoms with Gasteiger partial charge in [-0.15, -0.1) is 0 Å². The van der Waals surface area contributed by atoms with E-state index in [4.69, 9.17) is 0 Å². The van der Waals surface area contributed by atoms with Crippen LogP contribution in [-0.4, -0.2) is 57.0 Å². The van der Waals surface area contributed by atoms with Gasteiger partial charge >= 0.3 is 0 Å². The topological polar surface area (TPSA) is 60.9 Å². The van der Waals surface area contributed by atoms with Crippen LogP contribution in [0.4, 0.5) is 0 Å². The summed E-state index contributed by atoms with van der Waals surface area (Å²) in [5.41, 5.74) is 3.11. The van der Waals surface area contributed by atoms with E-state index in [0.717, 1.165) is 48.0 Å². The molecule has 1 atom stereocenters. The second kappa shape index (κ2) is 10.5. The molecule has 2 aliphatic rings. The Morgan fingerprint density at radius 2 is 1.81 bits per heavy atom. The van der Waals surface area contributed by atoms with Gasteiger partial charge in [-0.05, 0) is 61.0 Å². The van der Waals surface area contributed by atoms with E-state index in [1.54, 1.807) is 0 Å². The van der Waals surface area contributed by atoms with Gasteiger partial charge in [-0.3, -0.25) is 9.00 Å². The van der Waals surface area contributed by atoms with E-state index in [1.165, 1.54) is 18.4 Å². The SMILES string of the molecule is O=C(CCN1CCC(Cc2ccccc2)CC1)N1CCS(=O)c2ccc(CO)cc2C1. The quantitative estimate of drug-likeness (QED) is 0.750. The predicted molar refractivity (Wildman–Crippen MR) is 123 cm³/mol. The Morgan fingerprint density at radius 3 is 2.55 bits per heavy atom. The molecule has 1 N–H and O–H groups in total. The number of carbonyl (C=O) groups excluding carboxylic acids is 1. The summed E-state index contributed by atoms with van der Waals surface area (Å²) in [4.78, 5) is 18.0. The first kappa shape index (κ1) is 22.2. The number of aliphatic hydroxyl groups is 1. The zero-order chi connectivity index (χ0) is 21.6. The first-order valence-corrected chi connectivity index (χ1v) is 12.6. The number of piperidine rings is 1. The molecule has 1 fully saturated rings. The molecule has 1 amide bonds. The minimum atomic E-state index is -1.10. The molecular weight excluding hydrogens is 408 g/mol. The lowest BCUT2D eigenvalue weighted by Crippen LogP contribution is -2.38. The molecule has 0 radical (unpaired) electrons. The normalized spacial score (nSPS) is 20.3. The molecule has 0 aliphatic carbocycles. The predicted octanol–water partition coefficient (Wildman–Crippen LogP) is 2.97. The molecule has 0 bridgehead atoms. The van der Waals surface area contributed by atoms with Crippen LogP contribution in [0.25, 0.3) is 0 Å². The molecule has 5 nitrogen and oxygen atoms in total. The van der Waals surface area contributed by atoms with Crippen LogP contribution in [0.2, 0.25) is 0 Å². The molecule has 1 saturated heterocycles. The molecule has 0 spiro atoms. The average molecular weight is 441 g/mol. The van der Waals surface area contributed by atoms with Crippen molar-refractivity contribution in [3.05, 3.63) is 65.2 Å². The van der Waals surface area contributed by atoms with Crippen LogP contribution in [0, 0.1) is 5.92 Å². The number of likely N-dealkylation sites (tertiary alicyclic amines) is 1. The van der Waals surface area contributed by atoms with Crippen LogP contribution in [0.5, 0.6) is 0 Å². The average Bonchev–Trinajstić information content (AvgIpc) is 2.97. The van der Waals surface area contributed by atoms with Crippen molar-refractivity contribution in [1.82, 2.24) is 9.80 Å². The highest BCUT2D eigenvalue weighted by atomic mass is 32.2. The van der Waals surface area contributed by atoms with Crippen LogP contribution >= 0.6 is 0 Å². The molecule has 2 heterocycles. The Hall–Kier alpha value is -2.02. The minimum Gasteiger partial charge on any atom is -0.392 e. The number of amides is 1. The Labute approximate surface area is 187 Å². The van der Waals surface area contributed by atoms with E-state index in [-0.39, 0.29) is 12.5 Å². The van der Waals surface area contributed by atoms with Gasteiger partial charge in [-0.25, -0.2) is 0 Å². The summed E-state index contributed by atoms with van der Waals surface area (Å²) >= 11 is 0. The van der Waals surface area contributed by atoms with Crippen LogP contribution in [0.15, 0.2) is 53.4 Å². The van der Waals surface area contributed by atoms with E-state index in [2.05, 4.69) is 35.2 Å². The third kappa shape index (κ3) is 5.82. The second-order valence-electron chi connectivity index (χ2n) is 8.69. The van der Waals surface area contributed by atoms with Gasteiger partial charge in [-0.1, -0.05) is 42.5 Å². The van der Waals surface area contributed by atoms with Crippen molar-refractivity contribution in [2.24, 2.45) is 5.92 Å². The fourth-order valence-corrected chi connectivity index (χ4v) is 5.89. The minimum absolute atomic E-state index is 0.0475. The first-order chi connectivity index (χ1) is 15.1. The van der Waals surface area contributed by atoms with Gasteiger partial charge < -0.3 is 14.9 Å². The molecule has 4 rings (SSSR count). The van der Waals surface area contributed by atoms with E-state index >= 15 is 0 Å². The van der Waals surface area contributed by atoms with Gasteiger partial charge in [0.15, 0.2) is 0 Å². The summed E-state index contributed by atoms with van der Waals surface area (Å²) in [6.45, 7) is 3.85. The van der Waals surface area contributed by atoms with Crippen molar-refractivity contribution in [2.45, 2.75) is 43.7 Å². The number of fused-ring (bicyclic) bond motifs is 1. The largest absolute Gasteiger partial charge is 0.392 e. The van der Waals surface area contributed by atoms with E-state index in [9.17, 15) is 14.1 Å². The number of carbonyl (C=O) groups is 1. The van der Waals surface area contributed by atoms with Crippen molar-refractivity contribution in [3.63, 3.8) is 0 Å². The molecule has 0 saturated carbocycles. The summed E-state index contributed by atoms with van der Waals surface area (Å²) in [5.74, 6) is 1.33. The highest BCUT2D eigenvalue weighted by Gasteiger charge is 2.24. The number of nitrogens with zero attached hydrogens (tertiary/aromatic N) is 2. The van der Waals surface area contributed by atoms with Gasteiger partial charge in [-0.2, -0.15) is 0 Å². The summed E-state index contributed by atoms with van der Waals surface area (Å²) in [6.07, 6.45) is 4.02. The maximum atomic E-state index is 12.9. The molecule has 6 heteroatoms. The number of benzene rings is 2. The summed E-state index contributed by atoms with van der Waals surface area (Å²) in [7, 11) is -1.10.